The molecule has 29 heavy (non-hydrogen) atoms. The van der Waals surface area contributed by atoms with Crippen LogP contribution < -0.4 is 0 Å². The summed E-state index contributed by atoms with van der Waals surface area (Å²) in [6, 6.07) is 23.3. The van der Waals surface area contributed by atoms with Crippen molar-refractivity contribution in [1.82, 2.24) is 9.55 Å². The normalized spacial score (nSPS) is 11.7. The van der Waals surface area contributed by atoms with E-state index in [9.17, 15) is 10.1 Å². The number of fused-ring (bicyclic) bond motifs is 1. The van der Waals surface area contributed by atoms with Crippen LogP contribution >= 0.6 is 0 Å². The van der Waals surface area contributed by atoms with Gasteiger partial charge >= 0.3 is 0 Å². The van der Waals surface area contributed by atoms with Crippen molar-refractivity contribution in [3.8, 4) is 11.4 Å². The fraction of sp³-hybridized carbons (Fsp3) is 0.208. The summed E-state index contributed by atoms with van der Waals surface area (Å²) in [5.74, 6) is 0.894. The number of hydrogen-bond donors (Lipinski definition) is 0. The Kier molecular flexibility index (Phi) is 4.66. The molecule has 146 valence electrons. The quantitative estimate of drug-likeness (QED) is 0.322. The molecule has 0 bridgehead atoms. The highest BCUT2D eigenvalue weighted by molar-refractivity contribution is 5.80. The van der Waals surface area contributed by atoms with Crippen molar-refractivity contribution in [3.05, 3.63) is 94.0 Å². The zero-order chi connectivity index (χ0) is 20.6. The SMILES string of the molecule is CC(C)(C)c1ccc(-c2nc3ccccc3n2Cc2ccc([N+](=O)[O-])cc2)cc1. The third-order valence-electron chi connectivity index (χ3n) is 5.15. The predicted molar refractivity (Wildman–Crippen MR) is 116 cm³/mol. The fourth-order valence-electron chi connectivity index (χ4n) is 3.48. The Morgan fingerprint density at radius 1 is 0.931 bits per heavy atom. The lowest BCUT2D eigenvalue weighted by Crippen LogP contribution is -2.10. The molecule has 1 heterocycles. The molecule has 0 fully saturated rings. The average Bonchev–Trinajstić information content (AvgIpc) is 3.06. The Balaban J connectivity index is 1.77. The third kappa shape index (κ3) is 3.76. The van der Waals surface area contributed by atoms with Crippen molar-refractivity contribution < 1.29 is 4.92 Å². The number of nitro benzene ring substituents is 1. The minimum absolute atomic E-state index is 0.0947. The molecule has 0 aliphatic rings. The number of non-ortho nitro benzene ring substituents is 1. The molecular formula is C24H23N3O2. The predicted octanol–water partition coefficient (Wildman–Crippen LogP) is 5.96. The van der Waals surface area contributed by atoms with E-state index in [-0.39, 0.29) is 16.0 Å². The highest BCUT2D eigenvalue weighted by Gasteiger charge is 2.16. The van der Waals surface area contributed by atoms with Crippen molar-refractivity contribution >= 4 is 16.7 Å². The lowest BCUT2D eigenvalue weighted by atomic mass is 9.87. The van der Waals surface area contributed by atoms with Crippen LogP contribution in [0.2, 0.25) is 0 Å². The standard InChI is InChI=1S/C24H23N3O2/c1-24(2,3)19-12-10-18(11-13-19)23-25-21-6-4-5-7-22(21)26(23)16-17-8-14-20(15-9-17)27(28)29/h4-15H,16H2,1-3H3. The van der Waals surface area contributed by atoms with Crippen molar-refractivity contribution in [2.75, 3.05) is 0 Å². The Bertz CT molecular complexity index is 1170. The van der Waals surface area contributed by atoms with Crippen LogP contribution in [0.3, 0.4) is 0 Å². The molecule has 1 aromatic heterocycles. The van der Waals surface area contributed by atoms with Crippen LogP contribution in [-0.2, 0) is 12.0 Å². The number of para-hydroxylation sites is 2. The van der Waals surface area contributed by atoms with Crippen LogP contribution in [0.15, 0.2) is 72.8 Å². The number of nitrogens with zero attached hydrogens (tertiary/aromatic N) is 3. The van der Waals surface area contributed by atoms with Crippen LogP contribution in [-0.4, -0.2) is 14.5 Å². The molecule has 0 N–H and O–H groups in total. The first-order chi connectivity index (χ1) is 13.8. The van der Waals surface area contributed by atoms with Crippen molar-refractivity contribution in [2.45, 2.75) is 32.7 Å². The van der Waals surface area contributed by atoms with Crippen LogP contribution in [0.25, 0.3) is 22.4 Å². The van der Waals surface area contributed by atoms with Crippen LogP contribution in [0.5, 0.6) is 0 Å². The first-order valence-electron chi connectivity index (χ1n) is 9.62. The van der Waals surface area contributed by atoms with Gasteiger partial charge in [-0.1, -0.05) is 69.3 Å². The van der Waals surface area contributed by atoms with Gasteiger partial charge < -0.3 is 4.57 Å². The minimum atomic E-state index is -0.376. The Hall–Kier alpha value is -3.47. The van der Waals surface area contributed by atoms with E-state index in [2.05, 4.69) is 55.7 Å². The second-order valence-electron chi connectivity index (χ2n) is 8.26. The number of hydrogen-bond acceptors (Lipinski definition) is 3. The van der Waals surface area contributed by atoms with E-state index in [0.29, 0.717) is 6.54 Å². The Labute approximate surface area is 169 Å². The maximum Gasteiger partial charge on any atom is 0.269 e. The first-order valence-corrected chi connectivity index (χ1v) is 9.62. The number of aromatic nitrogens is 2. The van der Waals surface area contributed by atoms with Gasteiger partial charge in [-0.3, -0.25) is 10.1 Å². The van der Waals surface area contributed by atoms with Gasteiger partial charge in [0.05, 0.1) is 16.0 Å². The summed E-state index contributed by atoms with van der Waals surface area (Å²) in [5.41, 5.74) is 5.49. The molecule has 0 radical (unpaired) electrons. The molecule has 4 aromatic rings. The van der Waals surface area contributed by atoms with Gasteiger partial charge in [0.25, 0.3) is 5.69 Å². The summed E-state index contributed by atoms with van der Waals surface area (Å²) in [6.45, 7) is 7.19. The number of rotatable bonds is 4. The second kappa shape index (κ2) is 7.17. The van der Waals surface area contributed by atoms with E-state index in [1.807, 2.05) is 18.2 Å². The lowest BCUT2D eigenvalue weighted by Gasteiger charge is -2.19. The summed E-state index contributed by atoms with van der Waals surface area (Å²) in [7, 11) is 0. The molecule has 0 aliphatic heterocycles. The molecule has 3 aromatic carbocycles. The minimum Gasteiger partial charge on any atom is -0.319 e. The molecule has 0 saturated heterocycles. The zero-order valence-electron chi connectivity index (χ0n) is 16.8. The van der Waals surface area contributed by atoms with E-state index < -0.39 is 0 Å². The van der Waals surface area contributed by atoms with Crippen molar-refractivity contribution in [3.63, 3.8) is 0 Å². The largest absolute Gasteiger partial charge is 0.319 e. The highest BCUT2D eigenvalue weighted by atomic mass is 16.6. The maximum absolute atomic E-state index is 10.9. The third-order valence-corrected chi connectivity index (χ3v) is 5.15. The van der Waals surface area contributed by atoms with E-state index in [4.69, 9.17) is 4.98 Å². The summed E-state index contributed by atoms with van der Waals surface area (Å²) in [6.07, 6.45) is 0. The molecule has 5 nitrogen and oxygen atoms in total. The van der Waals surface area contributed by atoms with Gasteiger partial charge in [-0.2, -0.15) is 0 Å². The van der Waals surface area contributed by atoms with Crippen molar-refractivity contribution in [2.24, 2.45) is 0 Å². The summed E-state index contributed by atoms with van der Waals surface area (Å²) in [5, 5.41) is 10.9. The van der Waals surface area contributed by atoms with Gasteiger partial charge in [-0.25, -0.2) is 4.98 Å². The average molecular weight is 385 g/mol. The number of benzene rings is 3. The monoisotopic (exact) mass is 385 g/mol. The molecule has 0 atom stereocenters. The van der Waals surface area contributed by atoms with Crippen molar-refractivity contribution in [1.29, 1.82) is 0 Å². The van der Waals surface area contributed by atoms with Gasteiger partial charge in [0.1, 0.15) is 5.82 Å². The van der Waals surface area contributed by atoms with E-state index in [1.165, 1.54) is 5.56 Å². The molecule has 0 spiro atoms. The molecule has 4 rings (SSSR count). The Morgan fingerprint density at radius 2 is 1.59 bits per heavy atom. The van der Waals surface area contributed by atoms with Gasteiger partial charge in [-0.05, 0) is 28.7 Å². The maximum atomic E-state index is 10.9. The summed E-state index contributed by atoms with van der Waals surface area (Å²) >= 11 is 0. The van der Waals surface area contributed by atoms with Crippen LogP contribution in [0, 0.1) is 10.1 Å². The molecule has 0 saturated carbocycles. The van der Waals surface area contributed by atoms with E-state index in [1.54, 1.807) is 24.3 Å². The van der Waals surface area contributed by atoms with E-state index >= 15 is 0 Å². The van der Waals surface area contributed by atoms with E-state index in [0.717, 1.165) is 28.0 Å². The number of imidazole rings is 1. The number of nitro groups is 1. The molecule has 0 amide bonds. The molecule has 0 aliphatic carbocycles. The molecular weight excluding hydrogens is 362 g/mol. The van der Waals surface area contributed by atoms with Gasteiger partial charge in [-0.15, -0.1) is 0 Å². The smallest absolute Gasteiger partial charge is 0.269 e. The van der Waals surface area contributed by atoms with Crippen LogP contribution in [0.1, 0.15) is 31.9 Å². The van der Waals surface area contributed by atoms with Gasteiger partial charge in [0.2, 0.25) is 0 Å². The fourth-order valence-corrected chi connectivity index (χ4v) is 3.48. The highest BCUT2D eigenvalue weighted by Crippen LogP contribution is 2.29. The molecule has 0 unspecified atom stereocenters. The lowest BCUT2D eigenvalue weighted by molar-refractivity contribution is -0.384. The topological polar surface area (TPSA) is 61.0 Å². The van der Waals surface area contributed by atoms with Gasteiger partial charge in [0.15, 0.2) is 0 Å². The Morgan fingerprint density at radius 3 is 2.21 bits per heavy atom. The summed E-state index contributed by atoms with van der Waals surface area (Å²) < 4.78 is 2.17. The van der Waals surface area contributed by atoms with Gasteiger partial charge in [0, 0.05) is 24.2 Å². The molecule has 5 heteroatoms. The zero-order valence-corrected chi connectivity index (χ0v) is 16.8. The first kappa shape index (κ1) is 18.9. The van der Waals surface area contributed by atoms with Crippen LogP contribution in [0.4, 0.5) is 5.69 Å². The summed E-state index contributed by atoms with van der Waals surface area (Å²) in [4.78, 5) is 15.4. The second-order valence-corrected chi connectivity index (χ2v) is 8.26.